The molecule has 1 aliphatic heterocycles. The van der Waals surface area contributed by atoms with Crippen LogP contribution in [0.3, 0.4) is 0 Å². The van der Waals surface area contributed by atoms with E-state index in [4.69, 9.17) is 5.73 Å². The van der Waals surface area contributed by atoms with Crippen molar-refractivity contribution in [2.75, 3.05) is 19.6 Å². The van der Waals surface area contributed by atoms with Gasteiger partial charge in [0.1, 0.15) is 0 Å². The summed E-state index contributed by atoms with van der Waals surface area (Å²) < 4.78 is 0. The summed E-state index contributed by atoms with van der Waals surface area (Å²) in [5.41, 5.74) is 9.96. The van der Waals surface area contributed by atoms with Crippen LogP contribution in [0.1, 0.15) is 36.0 Å². The van der Waals surface area contributed by atoms with Gasteiger partial charge in [0, 0.05) is 13.1 Å². The molecule has 0 radical (unpaired) electrons. The molecule has 0 saturated carbocycles. The average Bonchev–Trinajstić information content (AvgIpc) is 2.35. The van der Waals surface area contributed by atoms with Crippen LogP contribution in [0.5, 0.6) is 0 Å². The Kier molecular flexibility index (Phi) is 4.79. The molecule has 1 fully saturated rings. The highest BCUT2D eigenvalue weighted by atomic mass is 15.1. The lowest BCUT2D eigenvalue weighted by Crippen LogP contribution is -2.35. The van der Waals surface area contributed by atoms with Crippen molar-refractivity contribution >= 4 is 0 Å². The summed E-state index contributed by atoms with van der Waals surface area (Å²) >= 11 is 0. The van der Waals surface area contributed by atoms with Crippen molar-refractivity contribution in [2.24, 2.45) is 11.7 Å². The van der Waals surface area contributed by atoms with E-state index in [0.29, 0.717) is 0 Å². The summed E-state index contributed by atoms with van der Waals surface area (Å²) in [5, 5.41) is 0. The molecule has 0 bridgehead atoms. The largest absolute Gasteiger partial charge is 0.330 e. The van der Waals surface area contributed by atoms with E-state index in [9.17, 15) is 0 Å². The van der Waals surface area contributed by atoms with Gasteiger partial charge in [-0.25, -0.2) is 0 Å². The number of benzene rings is 1. The summed E-state index contributed by atoms with van der Waals surface area (Å²) in [6, 6.07) is 6.78. The van der Waals surface area contributed by atoms with Crippen LogP contribution in [-0.2, 0) is 6.54 Å². The molecule has 1 aromatic carbocycles. The van der Waals surface area contributed by atoms with Crippen molar-refractivity contribution in [1.82, 2.24) is 4.90 Å². The summed E-state index contributed by atoms with van der Waals surface area (Å²) in [6.45, 7) is 8.81. The number of likely N-dealkylation sites (tertiary alicyclic amines) is 1. The van der Waals surface area contributed by atoms with Crippen molar-refractivity contribution in [1.29, 1.82) is 0 Å². The third-order valence-corrected chi connectivity index (χ3v) is 4.08. The minimum absolute atomic E-state index is 0.814. The van der Waals surface area contributed by atoms with E-state index < -0.39 is 0 Å². The smallest absolute Gasteiger partial charge is 0.0236 e. The van der Waals surface area contributed by atoms with E-state index in [1.807, 2.05) is 0 Å². The molecule has 0 amide bonds. The Morgan fingerprint density at radius 3 is 2.94 bits per heavy atom. The third kappa shape index (κ3) is 3.56. The van der Waals surface area contributed by atoms with Crippen LogP contribution in [-0.4, -0.2) is 24.5 Å². The molecule has 1 aromatic rings. The molecule has 0 spiro atoms. The van der Waals surface area contributed by atoms with E-state index in [0.717, 1.165) is 19.0 Å². The van der Waals surface area contributed by atoms with Gasteiger partial charge in [0.2, 0.25) is 0 Å². The van der Waals surface area contributed by atoms with Gasteiger partial charge in [-0.2, -0.15) is 0 Å². The highest BCUT2D eigenvalue weighted by Crippen LogP contribution is 2.22. The molecule has 18 heavy (non-hydrogen) atoms. The maximum absolute atomic E-state index is 5.68. The fourth-order valence-corrected chi connectivity index (χ4v) is 2.98. The maximum atomic E-state index is 5.68. The first-order valence-electron chi connectivity index (χ1n) is 7.17. The minimum Gasteiger partial charge on any atom is -0.330 e. The first kappa shape index (κ1) is 13.6. The highest BCUT2D eigenvalue weighted by molar-refractivity contribution is 5.30. The first-order valence-corrected chi connectivity index (χ1v) is 7.17. The van der Waals surface area contributed by atoms with Gasteiger partial charge in [-0.15, -0.1) is 0 Å². The quantitative estimate of drug-likeness (QED) is 0.885. The summed E-state index contributed by atoms with van der Waals surface area (Å²) in [4.78, 5) is 2.60. The van der Waals surface area contributed by atoms with Crippen LogP contribution in [0.15, 0.2) is 18.2 Å². The summed E-state index contributed by atoms with van der Waals surface area (Å²) in [5.74, 6) is 0.814. The van der Waals surface area contributed by atoms with E-state index in [1.54, 1.807) is 0 Å². The predicted molar refractivity (Wildman–Crippen MR) is 77.6 cm³/mol. The standard InChI is InChI=1S/C16H26N2/c1-13-5-6-14(2)16(10-13)12-18-9-3-4-15(11-18)7-8-17/h5-6,10,15H,3-4,7-9,11-12,17H2,1-2H3. The second kappa shape index (κ2) is 6.35. The van der Waals surface area contributed by atoms with Crippen LogP contribution in [0.2, 0.25) is 0 Å². The highest BCUT2D eigenvalue weighted by Gasteiger charge is 2.19. The Bertz CT molecular complexity index is 385. The van der Waals surface area contributed by atoms with Gasteiger partial charge in [-0.3, -0.25) is 4.90 Å². The fraction of sp³-hybridized carbons (Fsp3) is 0.625. The Balaban J connectivity index is 1.98. The van der Waals surface area contributed by atoms with Crippen LogP contribution < -0.4 is 5.73 Å². The number of aryl methyl sites for hydroxylation is 2. The molecular weight excluding hydrogens is 220 g/mol. The van der Waals surface area contributed by atoms with Crippen molar-refractivity contribution in [3.63, 3.8) is 0 Å². The second-order valence-corrected chi connectivity index (χ2v) is 5.75. The molecule has 2 rings (SSSR count). The topological polar surface area (TPSA) is 29.3 Å². The molecule has 0 aliphatic carbocycles. The van der Waals surface area contributed by atoms with Gasteiger partial charge in [-0.05, 0) is 63.2 Å². The number of nitrogens with two attached hydrogens (primary N) is 1. The van der Waals surface area contributed by atoms with E-state index in [-0.39, 0.29) is 0 Å². The van der Waals surface area contributed by atoms with E-state index in [1.165, 1.54) is 49.0 Å². The predicted octanol–water partition coefficient (Wildman–Crippen LogP) is 2.86. The molecule has 1 heterocycles. The maximum Gasteiger partial charge on any atom is 0.0236 e. The number of hydrogen-bond donors (Lipinski definition) is 1. The zero-order chi connectivity index (χ0) is 13.0. The van der Waals surface area contributed by atoms with Crippen LogP contribution in [0.4, 0.5) is 0 Å². The zero-order valence-corrected chi connectivity index (χ0v) is 11.8. The Labute approximate surface area is 111 Å². The zero-order valence-electron chi connectivity index (χ0n) is 11.8. The lowest BCUT2D eigenvalue weighted by atomic mass is 9.94. The normalized spacial score (nSPS) is 21.2. The molecule has 1 atom stereocenters. The van der Waals surface area contributed by atoms with Crippen LogP contribution in [0.25, 0.3) is 0 Å². The second-order valence-electron chi connectivity index (χ2n) is 5.75. The lowest BCUT2D eigenvalue weighted by molar-refractivity contribution is 0.163. The molecule has 2 heteroatoms. The lowest BCUT2D eigenvalue weighted by Gasteiger charge is -2.33. The monoisotopic (exact) mass is 246 g/mol. The fourth-order valence-electron chi connectivity index (χ4n) is 2.98. The van der Waals surface area contributed by atoms with Crippen molar-refractivity contribution in [2.45, 2.75) is 39.7 Å². The molecule has 1 saturated heterocycles. The van der Waals surface area contributed by atoms with Crippen molar-refractivity contribution in [3.8, 4) is 0 Å². The van der Waals surface area contributed by atoms with Gasteiger partial charge >= 0.3 is 0 Å². The average molecular weight is 246 g/mol. The Morgan fingerprint density at radius 1 is 1.33 bits per heavy atom. The van der Waals surface area contributed by atoms with Crippen molar-refractivity contribution < 1.29 is 0 Å². The molecular formula is C16H26N2. The van der Waals surface area contributed by atoms with Crippen LogP contribution >= 0.6 is 0 Å². The summed E-state index contributed by atoms with van der Waals surface area (Å²) in [7, 11) is 0. The SMILES string of the molecule is Cc1ccc(C)c(CN2CCCC(CCN)C2)c1. The molecule has 1 unspecified atom stereocenters. The number of rotatable bonds is 4. The van der Waals surface area contributed by atoms with E-state index in [2.05, 4.69) is 36.9 Å². The van der Waals surface area contributed by atoms with Crippen LogP contribution in [0, 0.1) is 19.8 Å². The number of nitrogens with zero attached hydrogens (tertiary/aromatic N) is 1. The summed E-state index contributed by atoms with van der Waals surface area (Å²) in [6.07, 6.45) is 3.87. The van der Waals surface area contributed by atoms with Crippen molar-refractivity contribution in [3.05, 3.63) is 34.9 Å². The number of hydrogen-bond acceptors (Lipinski definition) is 2. The van der Waals surface area contributed by atoms with Gasteiger partial charge in [-0.1, -0.05) is 23.8 Å². The molecule has 0 aromatic heterocycles. The number of piperidine rings is 1. The van der Waals surface area contributed by atoms with Gasteiger partial charge in [0.25, 0.3) is 0 Å². The van der Waals surface area contributed by atoms with E-state index >= 15 is 0 Å². The molecule has 1 aliphatic rings. The molecule has 100 valence electrons. The minimum atomic E-state index is 0.814. The molecule has 2 nitrogen and oxygen atoms in total. The molecule has 2 N–H and O–H groups in total. The Hall–Kier alpha value is -0.860. The first-order chi connectivity index (χ1) is 8.69. The third-order valence-electron chi connectivity index (χ3n) is 4.08. The van der Waals surface area contributed by atoms with Gasteiger partial charge < -0.3 is 5.73 Å². The van der Waals surface area contributed by atoms with Gasteiger partial charge in [0.05, 0.1) is 0 Å². The van der Waals surface area contributed by atoms with Gasteiger partial charge in [0.15, 0.2) is 0 Å². The Morgan fingerprint density at radius 2 is 2.17 bits per heavy atom.